The first-order chi connectivity index (χ1) is 8.59. The van der Waals surface area contributed by atoms with Gasteiger partial charge in [-0.15, -0.1) is 0 Å². The van der Waals surface area contributed by atoms with Crippen molar-refractivity contribution in [1.82, 2.24) is 0 Å². The summed E-state index contributed by atoms with van der Waals surface area (Å²) < 4.78 is 5.25. The third kappa shape index (κ3) is 2.48. The van der Waals surface area contributed by atoms with E-state index in [1.807, 2.05) is 0 Å². The Morgan fingerprint density at radius 1 is 1.28 bits per heavy atom. The Balaban J connectivity index is 2.31. The van der Waals surface area contributed by atoms with Gasteiger partial charge in [0.15, 0.2) is 0 Å². The van der Waals surface area contributed by atoms with Crippen molar-refractivity contribution in [3.05, 3.63) is 33.8 Å². The third-order valence-electron chi connectivity index (χ3n) is 3.39. The van der Waals surface area contributed by atoms with E-state index >= 15 is 0 Å². The molecule has 0 radical (unpaired) electrons. The summed E-state index contributed by atoms with van der Waals surface area (Å²) in [7, 11) is 0. The minimum absolute atomic E-state index is 0.383. The minimum Gasteiger partial charge on any atom is -0.387 e. The van der Waals surface area contributed by atoms with Crippen molar-refractivity contribution in [3.8, 4) is 6.07 Å². The quantitative estimate of drug-likeness (QED) is 0.907. The van der Waals surface area contributed by atoms with Crippen LogP contribution in [0, 0.1) is 16.7 Å². The van der Waals surface area contributed by atoms with Crippen LogP contribution >= 0.6 is 23.2 Å². The maximum absolute atomic E-state index is 10.4. The summed E-state index contributed by atoms with van der Waals surface area (Å²) in [6, 6.07) is 7.19. The molecule has 1 aromatic rings. The fourth-order valence-corrected chi connectivity index (χ4v) is 2.49. The van der Waals surface area contributed by atoms with Gasteiger partial charge in [0, 0.05) is 13.2 Å². The molecule has 2 rings (SSSR count). The Morgan fingerprint density at radius 3 is 2.50 bits per heavy atom. The predicted molar refractivity (Wildman–Crippen MR) is 69.5 cm³/mol. The smallest absolute Gasteiger partial charge is 0.0978 e. The summed E-state index contributed by atoms with van der Waals surface area (Å²) in [5.74, 6) is 0. The fourth-order valence-electron chi connectivity index (χ4n) is 2.18. The van der Waals surface area contributed by atoms with Gasteiger partial charge < -0.3 is 9.84 Å². The summed E-state index contributed by atoms with van der Waals surface area (Å²) >= 11 is 11.8. The predicted octanol–water partition coefficient (Wildman–Crippen LogP) is 3.35. The highest BCUT2D eigenvalue weighted by Crippen LogP contribution is 2.42. The number of aliphatic hydroxyl groups is 1. The number of nitriles is 1. The van der Waals surface area contributed by atoms with Gasteiger partial charge in [-0.25, -0.2) is 0 Å². The molecular weight excluding hydrogens is 273 g/mol. The summed E-state index contributed by atoms with van der Waals surface area (Å²) in [6.07, 6.45) is 0.164. The van der Waals surface area contributed by atoms with E-state index in [0.717, 1.165) is 0 Å². The number of nitrogens with zero attached hydrogens (tertiary/aromatic N) is 1. The monoisotopic (exact) mass is 285 g/mol. The van der Waals surface area contributed by atoms with Gasteiger partial charge in [0.05, 0.1) is 27.6 Å². The van der Waals surface area contributed by atoms with E-state index in [2.05, 4.69) is 6.07 Å². The maximum atomic E-state index is 10.4. The Labute approximate surface area is 116 Å². The molecule has 0 spiro atoms. The van der Waals surface area contributed by atoms with Crippen molar-refractivity contribution < 1.29 is 9.84 Å². The number of hydrogen-bond acceptors (Lipinski definition) is 3. The van der Waals surface area contributed by atoms with E-state index in [9.17, 15) is 10.4 Å². The summed E-state index contributed by atoms with van der Waals surface area (Å²) in [4.78, 5) is 0. The number of rotatable bonds is 2. The van der Waals surface area contributed by atoms with Crippen molar-refractivity contribution >= 4 is 23.2 Å². The van der Waals surface area contributed by atoms with Crippen LogP contribution in [-0.2, 0) is 4.74 Å². The third-order valence-corrected chi connectivity index (χ3v) is 4.13. The lowest BCUT2D eigenvalue weighted by molar-refractivity contribution is -0.0310. The Hall–Kier alpha value is -0.790. The molecule has 1 atom stereocenters. The second kappa shape index (κ2) is 5.46. The molecule has 3 nitrogen and oxygen atoms in total. The van der Waals surface area contributed by atoms with Crippen molar-refractivity contribution in [2.24, 2.45) is 5.41 Å². The highest BCUT2D eigenvalue weighted by atomic mass is 35.5. The molecule has 1 aliphatic heterocycles. The Kier molecular flexibility index (Phi) is 4.14. The Morgan fingerprint density at radius 2 is 1.94 bits per heavy atom. The second-order valence-electron chi connectivity index (χ2n) is 4.46. The van der Waals surface area contributed by atoms with Gasteiger partial charge in [0.2, 0.25) is 0 Å². The summed E-state index contributed by atoms with van der Waals surface area (Å²) in [5, 5.41) is 20.6. The summed E-state index contributed by atoms with van der Waals surface area (Å²) in [6.45, 7) is 0.984. The van der Waals surface area contributed by atoms with E-state index in [1.165, 1.54) is 0 Å². The van der Waals surface area contributed by atoms with Crippen LogP contribution in [0.1, 0.15) is 24.5 Å². The van der Waals surface area contributed by atoms with Crippen LogP contribution < -0.4 is 0 Å². The van der Waals surface area contributed by atoms with Gasteiger partial charge in [-0.05, 0) is 30.5 Å². The van der Waals surface area contributed by atoms with Crippen LogP contribution in [-0.4, -0.2) is 18.3 Å². The lowest BCUT2D eigenvalue weighted by Crippen LogP contribution is -2.34. The zero-order valence-corrected chi connectivity index (χ0v) is 11.2. The molecule has 5 heteroatoms. The molecule has 1 aliphatic rings. The standard InChI is InChI=1S/C13H13Cl2NO2/c14-10-2-1-9(7-11(10)15)12(17)13(8-16)3-5-18-6-4-13/h1-2,7,12,17H,3-6H2. The van der Waals surface area contributed by atoms with Crippen LogP contribution in [0.2, 0.25) is 10.0 Å². The summed E-state index contributed by atoms with van der Waals surface area (Å²) in [5.41, 5.74) is -0.178. The molecule has 0 amide bonds. The van der Waals surface area contributed by atoms with Crippen molar-refractivity contribution in [1.29, 1.82) is 5.26 Å². The van der Waals surface area contributed by atoms with Crippen molar-refractivity contribution in [3.63, 3.8) is 0 Å². The van der Waals surface area contributed by atoms with Gasteiger partial charge >= 0.3 is 0 Å². The average Bonchev–Trinajstić information content (AvgIpc) is 2.42. The molecular formula is C13H13Cl2NO2. The first-order valence-electron chi connectivity index (χ1n) is 5.71. The van der Waals surface area contributed by atoms with Gasteiger partial charge in [-0.3, -0.25) is 0 Å². The number of halogens is 2. The normalized spacial score (nSPS) is 20.1. The lowest BCUT2D eigenvalue weighted by Gasteiger charge is -2.35. The number of aliphatic hydroxyl groups excluding tert-OH is 1. The Bertz CT molecular complexity index is 478. The molecule has 1 unspecified atom stereocenters. The van der Waals surface area contributed by atoms with Crippen LogP contribution in [0.15, 0.2) is 18.2 Å². The van der Waals surface area contributed by atoms with E-state index in [-0.39, 0.29) is 0 Å². The number of ether oxygens (including phenoxy) is 1. The van der Waals surface area contributed by atoms with Crippen LogP contribution in [0.3, 0.4) is 0 Å². The minimum atomic E-state index is -0.874. The second-order valence-corrected chi connectivity index (χ2v) is 5.27. The molecule has 1 fully saturated rings. The van der Waals surface area contributed by atoms with E-state index in [1.54, 1.807) is 18.2 Å². The number of benzene rings is 1. The molecule has 1 saturated heterocycles. The molecule has 0 aromatic heterocycles. The van der Waals surface area contributed by atoms with E-state index in [0.29, 0.717) is 41.7 Å². The maximum Gasteiger partial charge on any atom is 0.0978 e. The molecule has 96 valence electrons. The lowest BCUT2D eigenvalue weighted by atomic mass is 9.74. The molecule has 0 aliphatic carbocycles. The molecule has 1 aromatic carbocycles. The SMILES string of the molecule is N#CC1(C(O)c2ccc(Cl)c(Cl)c2)CCOCC1. The largest absolute Gasteiger partial charge is 0.387 e. The highest BCUT2D eigenvalue weighted by molar-refractivity contribution is 6.42. The molecule has 0 saturated carbocycles. The molecule has 18 heavy (non-hydrogen) atoms. The zero-order chi connectivity index (χ0) is 13.2. The van der Waals surface area contributed by atoms with Crippen LogP contribution in [0.25, 0.3) is 0 Å². The zero-order valence-electron chi connectivity index (χ0n) is 9.70. The highest BCUT2D eigenvalue weighted by Gasteiger charge is 2.40. The molecule has 0 bridgehead atoms. The first-order valence-corrected chi connectivity index (χ1v) is 6.47. The van der Waals surface area contributed by atoms with Crippen LogP contribution in [0.4, 0.5) is 0 Å². The van der Waals surface area contributed by atoms with Gasteiger partial charge in [-0.2, -0.15) is 5.26 Å². The molecule has 1 N–H and O–H groups in total. The average molecular weight is 286 g/mol. The van der Waals surface area contributed by atoms with Crippen LogP contribution in [0.5, 0.6) is 0 Å². The fraction of sp³-hybridized carbons (Fsp3) is 0.462. The topological polar surface area (TPSA) is 53.2 Å². The van der Waals surface area contributed by atoms with Crippen molar-refractivity contribution in [2.75, 3.05) is 13.2 Å². The van der Waals surface area contributed by atoms with Gasteiger partial charge in [0.25, 0.3) is 0 Å². The molecule has 1 heterocycles. The van der Waals surface area contributed by atoms with E-state index in [4.69, 9.17) is 27.9 Å². The van der Waals surface area contributed by atoms with Gasteiger partial charge in [0.1, 0.15) is 0 Å². The van der Waals surface area contributed by atoms with Crippen molar-refractivity contribution in [2.45, 2.75) is 18.9 Å². The van der Waals surface area contributed by atoms with E-state index < -0.39 is 11.5 Å². The number of hydrogen-bond donors (Lipinski definition) is 1. The first kappa shape index (κ1) is 13.6. The van der Waals surface area contributed by atoms with Gasteiger partial charge in [-0.1, -0.05) is 29.3 Å².